The van der Waals surface area contributed by atoms with E-state index in [4.69, 9.17) is 26.6 Å². The van der Waals surface area contributed by atoms with Gasteiger partial charge in [-0.2, -0.15) is 0 Å². The zero-order valence-corrected chi connectivity index (χ0v) is 27.1. The third-order valence-corrected chi connectivity index (χ3v) is 11.0. The van der Waals surface area contributed by atoms with Crippen LogP contribution in [0, 0.1) is 0 Å². The molecule has 0 aliphatic rings. The molecule has 0 fully saturated rings. The van der Waals surface area contributed by atoms with Crippen molar-refractivity contribution < 1.29 is 0 Å². The molecular formula is C43H24ClN3S. The number of halogens is 1. The van der Waals surface area contributed by atoms with Gasteiger partial charge in [0.1, 0.15) is 0 Å². The smallest absolute Gasteiger partial charge is 0.167 e. The van der Waals surface area contributed by atoms with Crippen LogP contribution >= 0.6 is 22.9 Å². The number of thiophene rings is 1. The second-order valence-corrected chi connectivity index (χ2v) is 13.5. The first-order chi connectivity index (χ1) is 23.7. The second-order valence-electron chi connectivity index (χ2n) is 12.1. The molecule has 0 amide bonds. The minimum Gasteiger partial charge on any atom is -0.208 e. The Morgan fingerprint density at radius 1 is 0.417 bits per heavy atom. The minimum absolute atomic E-state index is 0.562. The summed E-state index contributed by atoms with van der Waals surface area (Å²) in [5.74, 6) is 1.79. The van der Waals surface area contributed by atoms with Crippen molar-refractivity contribution in [3.05, 3.63) is 151 Å². The van der Waals surface area contributed by atoms with E-state index in [1.165, 1.54) is 20.9 Å². The fourth-order valence-corrected chi connectivity index (χ4v) is 8.87. The molecule has 0 atom stereocenters. The highest BCUT2D eigenvalue weighted by Gasteiger charge is 2.23. The van der Waals surface area contributed by atoms with Crippen LogP contribution in [0.2, 0.25) is 5.02 Å². The number of aromatic nitrogens is 3. The molecule has 0 N–H and O–H groups in total. The molecule has 48 heavy (non-hydrogen) atoms. The van der Waals surface area contributed by atoms with Crippen LogP contribution in [-0.4, -0.2) is 15.0 Å². The number of hydrogen-bond donors (Lipinski definition) is 0. The monoisotopic (exact) mass is 649 g/mol. The Kier molecular flexibility index (Phi) is 6.10. The fraction of sp³-hybridized carbons (Fsp3) is 0. The maximum atomic E-state index is 7.45. The molecular weight excluding hydrogens is 626 g/mol. The molecule has 5 heteroatoms. The summed E-state index contributed by atoms with van der Waals surface area (Å²) in [4.78, 5) is 15.9. The van der Waals surface area contributed by atoms with Gasteiger partial charge in [0.15, 0.2) is 17.5 Å². The van der Waals surface area contributed by atoms with E-state index in [-0.39, 0.29) is 0 Å². The number of fused-ring (bicyclic) bond motifs is 9. The first-order valence-corrected chi connectivity index (χ1v) is 17.1. The van der Waals surface area contributed by atoms with Gasteiger partial charge in [0, 0.05) is 36.7 Å². The summed E-state index contributed by atoms with van der Waals surface area (Å²) in [5, 5.41) is 11.9. The molecule has 3 nitrogen and oxygen atoms in total. The van der Waals surface area contributed by atoms with Crippen molar-refractivity contribution in [1.82, 2.24) is 15.0 Å². The van der Waals surface area contributed by atoms with Gasteiger partial charge in [-0.15, -0.1) is 11.3 Å². The van der Waals surface area contributed by atoms with Crippen LogP contribution in [0.3, 0.4) is 0 Å². The zero-order chi connectivity index (χ0) is 31.8. The molecule has 0 bridgehead atoms. The van der Waals surface area contributed by atoms with Crippen LogP contribution in [0.5, 0.6) is 0 Å². The summed E-state index contributed by atoms with van der Waals surface area (Å²) in [5.41, 5.74) is 2.74. The van der Waals surface area contributed by atoms with E-state index in [2.05, 4.69) is 140 Å². The van der Waals surface area contributed by atoms with Crippen molar-refractivity contribution in [2.24, 2.45) is 0 Å². The van der Waals surface area contributed by atoms with Crippen molar-refractivity contribution in [3.8, 4) is 34.2 Å². The lowest BCUT2D eigenvalue weighted by Crippen LogP contribution is -2.02. The predicted octanol–water partition coefficient (Wildman–Crippen LogP) is 12.5. The first-order valence-electron chi connectivity index (χ1n) is 15.9. The van der Waals surface area contributed by atoms with Gasteiger partial charge in [-0.3, -0.25) is 0 Å². The zero-order valence-electron chi connectivity index (χ0n) is 25.5. The first kappa shape index (κ1) is 27.4. The number of hydrogen-bond acceptors (Lipinski definition) is 4. The molecule has 2 aromatic heterocycles. The van der Waals surface area contributed by atoms with E-state index >= 15 is 0 Å². The Morgan fingerprint density at radius 2 is 0.979 bits per heavy atom. The summed E-state index contributed by atoms with van der Waals surface area (Å²) in [6.45, 7) is 0. The average Bonchev–Trinajstić information content (AvgIpc) is 3.53. The van der Waals surface area contributed by atoms with Gasteiger partial charge in [0.25, 0.3) is 0 Å². The molecule has 0 saturated carbocycles. The largest absolute Gasteiger partial charge is 0.208 e. The average molecular weight is 650 g/mol. The van der Waals surface area contributed by atoms with Crippen molar-refractivity contribution >= 4 is 86.2 Å². The van der Waals surface area contributed by atoms with Crippen molar-refractivity contribution in [2.45, 2.75) is 0 Å². The van der Waals surface area contributed by atoms with Crippen LogP contribution < -0.4 is 0 Å². The molecule has 0 aliphatic carbocycles. The van der Waals surface area contributed by atoms with Gasteiger partial charge in [-0.1, -0.05) is 145 Å². The Hall–Kier alpha value is -5.68. The second kappa shape index (κ2) is 10.7. The highest BCUT2D eigenvalue weighted by molar-refractivity contribution is 7.26. The molecule has 2 heterocycles. The highest BCUT2D eigenvalue weighted by Crippen LogP contribution is 2.48. The van der Waals surface area contributed by atoms with Crippen LogP contribution in [0.1, 0.15) is 0 Å². The lowest BCUT2D eigenvalue weighted by Gasteiger charge is -2.15. The van der Waals surface area contributed by atoms with Gasteiger partial charge in [-0.05, 0) is 49.8 Å². The molecule has 0 aliphatic heterocycles. The SMILES string of the molecule is Clc1c(-c2nc(-c3cccc4ccccc34)nc(-c3cc4ccccc4c4ccccc34)n2)c2sc3ccccc3c2c2ccccc12. The van der Waals surface area contributed by atoms with Gasteiger partial charge in [0.2, 0.25) is 0 Å². The van der Waals surface area contributed by atoms with E-state index in [1.807, 2.05) is 6.07 Å². The quantitative estimate of drug-likeness (QED) is 0.179. The maximum absolute atomic E-state index is 7.45. The molecule has 224 valence electrons. The van der Waals surface area contributed by atoms with Crippen LogP contribution in [0.4, 0.5) is 0 Å². The molecule has 8 aromatic carbocycles. The van der Waals surface area contributed by atoms with E-state index in [1.54, 1.807) is 11.3 Å². The number of rotatable bonds is 3. The Bertz CT molecular complexity index is 2920. The van der Waals surface area contributed by atoms with Gasteiger partial charge in [-0.25, -0.2) is 15.0 Å². The molecule has 0 unspecified atom stereocenters. The van der Waals surface area contributed by atoms with Crippen LogP contribution in [-0.2, 0) is 0 Å². The minimum atomic E-state index is 0.562. The summed E-state index contributed by atoms with van der Waals surface area (Å²) in [6, 6.07) is 50.8. The predicted molar refractivity (Wildman–Crippen MR) is 204 cm³/mol. The van der Waals surface area contributed by atoms with E-state index < -0.39 is 0 Å². The Balaban J connectivity index is 1.36. The van der Waals surface area contributed by atoms with Gasteiger partial charge < -0.3 is 0 Å². The van der Waals surface area contributed by atoms with Crippen molar-refractivity contribution in [1.29, 1.82) is 0 Å². The summed E-state index contributed by atoms with van der Waals surface area (Å²) >= 11 is 9.19. The summed E-state index contributed by atoms with van der Waals surface area (Å²) in [7, 11) is 0. The number of benzene rings is 8. The third-order valence-electron chi connectivity index (χ3n) is 9.37. The molecule has 0 radical (unpaired) electrons. The Labute approximate surface area is 284 Å². The summed E-state index contributed by atoms with van der Waals surface area (Å²) in [6.07, 6.45) is 0. The fourth-order valence-electron chi connectivity index (χ4n) is 7.20. The molecule has 10 aromatic rings. The topological polar surface area (TPSA) is 38.7 Å². The molecule has 10 rings (SSSR count). The van der Waals surface area contributed by atoms with E-state index in [9.17, 15) is 0 Å². The Morgan fingerprint density at radius 3 is 1.79 bits per heavy atom. The van der Waals surface area contributed by atoms with Crippen molar-refractivity contribution in [2.75, 3.05) is 0 Å². The molecule has 0 spiro atoms. The van der Waals surface area contributed by atoms with Gasteiger partial charge in [0.05, 0.1) is 10.6 Å². The number of nitrogens with zero attached hydrogens (tertiary/aromatic N) is 3. The maximum Gasteiger partial charge on any atom is 0.167 e. The summed E-state index contributed by atoms with van der Waals surface area (Å²) < 4.78 is 2.27. The van der Waals surface area contributed by atoms with Crippen LogP contribution in [0.15, 0.2) is 146 Å². The molecule has 0 saturated heterocycles. The standard InChI is InChI=1S/C43H24ClN3S/c44-39-32-20-8-7-19-31(32)37-34-21-9-10-23-36(34)48-40(37)38(39)43-46-41(33-22-11-14-25-12-1-3-15-27(25)33)45-42(47-43)35-24-26-13-2-4-16-28(26)29-17-5-6-18-30(29)35/h1-24H. The lowest BCUT2D eigenvalue weighted by atomic mass is 9.96. The van der Waals surface area contributed by atoms with E-state index in [0.29, 0.717) is 22.5 Å². The third kappa shape index (κ3) is 4.10. The lowest BCUT2D eigenvalue weighted by molar-refractivity contribution is 1.08. The normalized spacial score (nSPS) is 11.9. The highest BCUT2D eigenvalue weighted by atomic mass is 35.5. The van der Waals surface area contributed by atoms with Crippen LogP contribution in [0.25, 0.3) is 97.4 Å². The van der Waals surface area contributed by atoms with E-state index in [0.717, 1.165) is 59.1 Å². The van der Waals surface area contributed by atoms with Gasteiger partial charge >= 0.3 is 0 Å². The van der Waals surface area contributed by atoms with Crippen molar-refractivity contribution in [3.63, 3.8) is 0 Å².